The minimum atomic E-state index is -0.300. The number of aliphatic imine (C=N–C) groups is 1. The summed E-state index contributed by atoms with van der Waals surface area (Å²) in [7, 11) is 0. The number of hydrogen-bond acceptors (Lipinski definition) is 4. The summed E-state index contributed by atoms with van der Waals surface area (Å²) in [6.07, 6.45) is 0. The molecule has 2 heterocycles. The summed E-state index contributed by atoms with van der Waals surface area (Å²) in [5, 5.41) is 0. The normalized spacial score (nSPS) is 18.4. The molecule has 1 atom stereocenters. The second kappa shape index (κ2) is 5.35. The second-order valence-electron chi connectivity index (χ2n) is 4.33. The van der Waals surface area contributed by atoms with Gasteiger partial charge in [-0.1, -0.05) is 17.7 Å². The third kappa shape index (κ3) is 2.43. The molecule has 1 aliphatic rings. The van der Waals surface area contributed by atoms with E-state index < -0.39 is 0 Å². The van der Waals surface area contributed by atoms with Crippen molar-refractivity contribution >= 4 is 50.5 Å². The molecule has 1 aromatic heterocycles. The van der Waals surface area contributed by atoms with Gasteiger partial charge in [0.2, 0.25) is 0 Å². The number of halogens is 3. The average Bonchev–Trinajstić information content (AvgIpc) is 2.93. The van der Waals surface area contributed by atoms with Crippen LogP contribution in [0.4, 0.5) is 10.1 Å². The van der Waals surface area contributed by atoms with Crippen LogP contribution in [0.1, 0.15) is 10.9 Å². The summed E-state index contributed by atoms with van der Waals surface area (Å²) < 4.78 is 14.9. The molecule has 0 saturated heterocycles. The number of nitrogens with zero attached hydrogens (tertiary/aromatic N) is 2. The molecule has 0 saturated carbocycles. The standard InChI is InChI=1S/C13H10BrClFN3S/c14-9-5-11(20-12(9)15)10-6-18-13(17)19(10)8-3-1-2-7(16)4-8/h1-5,10H,6H2,(H2,17,18). The molecule has 2 N–H and O–H groups in total. The lowest BCUT2D eigenvalue weighted by Crippen LogP contribution is -2.35. The van der Waals surface area contributed by atoms with Crippen LogP contribution in [0.25, 0.3) is 0 Å². The van der Waals surface area contributed by atoms with Gasteiger partial charge in [-0.25, -0.2) is 4.39 Å². The van der Waals surface area contributed by atoms with E-state index in [1.165, 1.54) is 23.5 Å². The number of nitrogens with two attached hydrogens (primary N) is 1. The summed E-state index contributed by atoms with van der Waals surface area (Å²) in [5.41, 5.74) is 6.64. The monoisotopic (exact) mass is 373 g/mol. The Bertz CT molecular complexity index is 669. The van der Waals surface area contributed by atoms with Crippen LogP contribution in [0.15, 0.2) is 39.8 Å². The van der Waals surface area contributed by atoms with Gasteiger partial charge in [0.25, 0.3) is 0 Å². The Morgan fingerprint density at radius 2 is 2.25 bits per heavy atom. The van der Waals surface area contributed by atoms with Crippen molar-refractivity contribution in [3.63, 3.8) is 0 Å². The molecule has 0 amide bonds. The van der Waals surface area contributed by atoms with Gasteiger partial charge in [-0.15, -0.1) is 11.3 Å². The first-order chi connectivity index (χ1) is 9.56. The van der Waals surface area contributed by atoms with Gasteiger partial charge in [-0.3, -0.25) is 4.99 Å². The molecule has 0 bridgehead atoms. The second-order valence-corrected chi connectivity index (χ2v) is 6.88. The van der Waals surface area contributed by atoms with Crippen molar-refractivity contribution in [3.8, 4) is 0 Å². The van der Waals surface area contributed by atoms with E-state index >= 15 is 0 Å². The highest BCUT2D eigenvalue weighted by molar-refractivity contribution is 9.10. The van der Waals surface area contributed by atoms with Crippen molar-refractivity contribution in [1.82, 2.24) is 0 Å². The van der Waals surface area contributed by atoms with Crippen molar-refractivity contribution in [2.75, 3.05) is 11.4 Å². The van der Waals surface area contributed by atoms with Gasteiger partial charge in [-0.05, 0) is 40.2 Å². The van der Waals surface area contributed by atoms with E-state index in [2.05, 4.69) is 20.9 Å². The summed E-state index contributed by atoms with van der Waals surface area (Å²) in [5.74, 6) is 0.0904. The average molecular weight is 375 g/mol. The Labute approximate surface area is 133 Å². The van der Waals surface area contributed by atoms with Gasteiger partial charge in [0.1, 0.15) is 10.2 Å². The van der Waals surface area contributed by atoms with Gasteiger partial charge in [0.15, 0.2) is 5.96 Å². The van der Waals surface area contributed by atoms with Crippen molar-refractivity contribution < 1.29 is 4.39 Å². The van der Waals surface area contributed by atoms with Gasteiger partial charge < -0.3 is 10.6 Å². The molecule has 0 spiro atoms. The van der Waals surface area contributed by atoms with Crippen LogP contribution in [0, 0.1) is 5.82 Å². The summed E-state index contributed by atoms with van der Waals surface area (Å²) in [6.45, 7) is 0.533. The molecule has 0 fully saturated rings. The quantitative estimate of drug-likeness (QED) is 0.857. The van der Waals surface area contributed by atoms with Crippen LogP contribution in [0.2, 0.25) is 4.34 Å². The first-order valence-electron chi connectivity index (χ1n) is 5.85. The fraction of sp³-hybridized carbons (Fsp3) is 0.154. The molecule has 0 aliphatic carbocycles. The van der Waals surface area contributed by atoms with Crippen molar-refractivity contribution in [2.45, 2.75) is 6.04 Å². The molecule has 0 radical (unpaired) electrons. The predicted molar refractivity (Wildman–Crippen MR) is 85.1 cm³/mol. The van der Waals surface area contributed by atoms with E-state index in [9.17, 15) is 4.39 Å². The number of thiophene rings is 1. The lowest BCUT2D eigenvalue weighted by atomic mass is 10.2. The molecular weight excluding hydrogens is 365 g/mol. The van der Waals surface area contributed by atoms with Crippen LogP contribution < -0.4 is 10.6 Å². The smallest absolute Gasteiger partial charge is 0.196 e. The largest absolute Gasteiger partial charge is 0.369 e. The molecule has 1 aliphatic heterocycles. The van der Waals surface area contributed by atoms with Gasteiger partial charge in [0, 0.05) is 15.0 Å². The van der Waals surface area contributed by atoms with E-state index in [0.717, 1.165) is 9.35 Å². The lowest BCUT2D eigenvalue weighted by Gasteiger charge is -2.25. The summed E-state index contributed by atoms with van der Waals surface area (Å²) in [6, 6.07) is 8.23. The Kier molecular flexibility index (Phi) is 3.70. The molecule has 104 valence electrons. The van der Waals surface area contributed by atoms with Crippen LogP contribution in [-0.2, 0) is 0 Å². The van der Waals surface area contributed by atoms with Gasteiger partial charge in [0.05, 0.1) is 12.6 Å². The van der Waals surface area contributed by atoms with E-state index in [1.807, 2.05) is 17.0 Å². The summed E-state index contributed by atoms with van der Waals surface area (Å²) in [4.78, 5) is 7.13. The fourth-order valence-corrected chi connectivity index (χ4v) is 4.00. The molecule has 20 heavy (non-hydrogen) atoms. The molecule has 2 aromatic rings. The van der Waals surface area contributed by atoms with Gasteiger partial charge >= 0.3 is 0 Å². The highest BCUT2D eigenvalue weighted by Gasteiger charge is 2.30. The summed E-state index contributed by atoms with van der Waals surface area (Å²) >= 11 is 11.0. The highest BCUT2D eigenvalue weighted by atomic mass is 79.9. The van der Waals surface area contributed by atoms with Crippen molar-refractivity contribution in [1.29, 1.82) is 0 Å². The number of benzene rings is 1. The highest BCUT2D eigenvalue weighted by Crippen LogP contribution is 2.40. The maximum Gasteiger partial charge on any atom is 0.196 e. The molecule has 3 rings (SSSR count). The zero-order chi connectivity index (χ0) is 14.3. The first kappa shape index (κ1) is 13.9. The topological polar surface area (TPSA) is 41.6 Å². The Morgan fingerprint density at radius 1 is 1.45 bits per heavy atom. The fourth-order valence-electron chi connectivity index (χ4n) is 2.18. The van der Waals surface area contributed by atoms with E-state index in [-0.39, 0.29) is 11.9 Å². The zero-order valence-electron chi connectivity index (χ0n) is 10.2. The predicted octanol–water partition coefficient (Wildman–Crippen LogP) is 4.18. The first-order valence-corrected chi connectivity index (χ1v) is 7.84. The number of guanidine groups is 1. The number of hydrogen-bond donors (Lipinski definition) is 1. The minimum absolute atomic E-state index is 0.0504. The van der Waals surface area contributed by atoms with Gasteiger partial charge in [-0.2, -0.15) is 0 Å². The Balaban J connectivity index is 2.00. The third-order valence-corrected chi connectivity index (χ3v) is 5.64. The van der Waals surface area contributed by atoms with Crippen LogP contribution in [0.5, 0.6) is 0 Å². The number of anilines is 1. The minimum Gasteiger partial charge on any atom is -0.369 e. The number of rotatable bonds is 2. The SMILES string of the molecule is NC1=NCC(c2cc(Br)c(Cl)s2)N1c1cccc(F)c1. The Hall–Kier alpha value is -1.11. The van der Waals surface area contributed by atoms with Crippen LogP contribution >= 0.6 is 38.9 Å². The van der Waals surface area contributed by atoms with E-state index in [1.54, 1.807) is 6.07 Å². The van der Waals surface area contributed by atoms with E-state index in [0.29, 0.717) is 22.5 Å². The van der Waals surface area contributed by atoms with E-state index in [4.69, 9.17) is 17.3 Å². The van der Waals surface area contributed by atoms with Crippen molar-refractivity contribution in [2.24, 2.45) is 10.7 Å². The maximum absolute atomic E-state index is 13.4. The molecular formula is C13H10BrClFN3S. The van der Waals surface area contributed by atoms with Crippen molar-refractivity contribution in [3.05, 3.63) is 49.8 Å². The van der Waals surface area contributed by atoms with Crippen LogP contribution in [-0.4, -0.2) is 12.5 Å². The third-order valence-electron chi connectivity index (χ3n) is 3.06. The molecule has 7 heteroatoms. The maximum atomic E-state index is 13.4. The molecule has 1 aromatic carbocycles. The Morgan fingerprint density at radius 3 is 2.90 bits per heavy atom. The van der Waals surface area contributed by atoms with Crippen LogP contribution in [0.3, 0.4) is 0 Å². The molecule has 1 unspecified atom stereocenters. The zero-order valence-corrected chi connectivity index (χ0v) is 13.3. The molecule has 3 nitrogen and oxygen atoms in total. The lowest BCUT2D eigenvalue weighted by molar-refractivity contribution is 0.627.